The second-order valence-electron chi connectivity index (χ2n) is 9.53. The van der Waals surface area contributed by atoms with Crippen LogP contribution in [0.3, 0.4) is 0 Å². The zero-order chi connectivity index (χ0) is 28.6. The van der Waals surface area contributed by atoms with Gasteiger partial charge in [0.25, 0.3) is 0 Å². The van der Waals surface area contributed by atoms with E-state index in [-0.39, 0.29) is 19.3 Å². The van der Waals surface area contributed by atoms with Crippen molar-refractivity contribution in [2.24, 2.45) is 17.4 Å². The summed E-state index contributed by atoms with van der Waals surface area (Å²) in [5.74, 6) is -4.67. The van der Waals surface area contributed by atoms with Crippen LogP contribution in [0, 0.1) is 5.92 Å². The van der Waals surface area contributed by atoms with E-state index >= 15 is 0 Å². The lowest BCUT2D eigenvalue weighted by Gasteiger charge is -2.27. The number of amides is 4. The number of carbonyl (C=O) groups excluding carboxylic acids is 4. The normalized spacial score (nSPS) is 15.2. The van der Waals surface area contributed by atoms with Crippen LogP contribution in [-0.2, 0) is 30.4 Å². The van der Waals surface area contributed by atoms with Crippen LogP contribution in [0.25, 0.3) is 10.9 Å². The average molecular weight is 533 g/mol. The van der Waals surface area contributed by atoms with Gasteiger partial charge in [-0.2, -0.15) is 0 Å². The number of H-pyrrole nitrogens is 1. The first-order valence-corrected chi connectivity index (χ1v) is 12.2. The summed E-state index contributed by atoms with van der Waals surface area (Å²) >= 11 is 0. The van der Waals surface area contributed by atoms with Crippen LogP contribution in [0.5, 0.6) is 0 Å². The molecule has 2 rings (SSSR count). The summed E-state index contributed by atoms with van der Waals surface area (Å²) in [6.45, 7) is 4.59. The SMILES string of the molecule is CC(C)C(NC(=O)C(N)CCC(N)=O)C(=O)NC(Cc1c[nH]c2ccccc12)C(=O)NC(C(=O)O)C(C)O. The molecule has 4 amide bonds. The molecule has 208 valence electrons. The first kappa shape index (κ1) is 30.3. The summed E-state index contributed by atoms with van der Waals surface area (Å²) in [4.78, 5) is 64.6. The number of carboxylic acid groups (broad SMARTS) is 1. The monoisotopic (exact) mass is 532 g/mol. The zero-order valence-electron chi connectivity index (χ0n) is 21.6. The standard InChI is InChI=1S/C25H36N6O7/c1-12(2)20(30-22(34)16(26)8-9-19(27)33)24(36)29-18(23(35)31-21(13(3)32)25(37)38)10-14-11-28-17-7-5-4-6-15(14)17/h4-7,11-13,16,18,20-21,28,32H,8-10,26H2,1-3H3,(H2,27,33)(H,29,36)(H,30,34)(H,31,35)(H,37,38). The molecule has 0 radical (unpaired) electrons. The molecule has 2 aromatic rings. The van der Waals surface area contributed by atoms with Gasteiger partial charge in [-0.15, -0.1) is 0 Å². The lowest BCUT2D eigenvalue weighted by Crippen LogP contribution is -2.59. The fourth-order valence-electron chi connectivity index (χ4n) is 3.86. The Morgan fingerprint density at radius 3 is 2.16 bits per heavy atom. The Kier molecular flexibility index (Phi) is 10.8. The molecule has 1 aromatic heterocycles. The number of fused-ring (bicyclic) bond motifs is 1. The van der Waals surface area contributed by atoms with Crippen molar-refractivity contribution in [3.05, 3.63) is 36.0 Å². The third-order valence-corrected chi connectivity index (χ3v) is 6.06. The van der Waals surface area contributed by atoms with E-state index in [9.17, 15) is 34.2 Å². The molecule has 13 nitrogen and oxygen atoms in total. The summed E-state index contributed by atoms with van der Waals surface area (Å²) < 4.78 is 0. The maximum atomic E-state index is 13.3. The van der Waals surface area contributed by atoms with Gasteiger partial charge in [0.1, 0.15) is 12.1 Å². The number of aliphatic carboxylic acids is 1. The van der Waals surface area contributed by atoms with E-state index in [2.05, 4.69) is 20.9 Å². The van der Waals surface area contributed by atoms with Gasteiger partial charge in [0.15, 0.2) is 6.04 Å². The van der Waals surface area contributed by atoms with E-state index in [0.29, 0.717) is 5.56 Å². The number of benzene rings is 1. The summed E-state index contributed by atoms with van der Waals surface area (Å²) in [7, 11) is 0. The van der Waals surface area contributed by atoms with Crippen molar-refractivity contribution in [1.82, 2.24) is 20.9 Å². The number of carbonyl (C=O) groups is 5. The van der Waals surface area contributed by atoms with Crippen LogP contribution in [0.2, 0.25) is 0 Å². The number of aromatic amines is 1. The number of hydrogen-bond donors (Lipinski definition) is 8. The van der Waals surface area contributed by atoms with Crippen molar-refractivity contribution in [3.63, 3.8) is 0 Å². The number of primary amides is 1. The van der Waals surface area contributed by atoms with Crippen LogP contribution < -0.4 is 27.4 Å². The molecule has 0 aliphatic rings. The third-order valence-electron chi connectivity index (χ3n) is 6.06. The highest BCUT2D eigenvalue weighted by atomic mass is 16.4. The Morgan fingerprint density at radius 2 is 1.58 bits per heavy atom. The van der Waals surface area contributed by atoms with E-state index in [1.54, 1.807) is 20.0 Å². The van der Waals surface area contributed by atoms with Crippen LogP contribution in [0.4, 0.5) is 0 Å². The van der Waals surface area contributed by atoms with E-state index in [1.807, 2.05) is 24.3 Å². The van der Waals surface area contributed by atoms with Gasteiger partial charge in [0.2, 0.25) is 23.6 Å². The van der Waals surface area contributed by atoms with Gasteiger partial charge >= 0.3 is 5.97 Å². The number of aromatic nitrogens is 1. The number of aliphatic hydroxyl groups excluding tert-OH is 1. The van der Waals surface area contributed by atoms with Crippen LogP contribution in [0.15, 0.2) is 30.5 Å². The third kappa shape index (κ3) is 8.28. The van der Waals surface area contributed by atoms with Crippen molar-refractivity contribution in [3.8, 4) is 0 Å². The van der Waals surface area contributed by atoms with Crippen molar-refractivity contribution in [2.75, 3.05) is 0 Å². The molecule has 0 spiro atoms. The predicted molar refractivity (Wildman–Crippen MR) is 138 cm³/mol. The minimum absolute atomic E-state index is 0.00484. The minimum atomic E-state index is -1.60. The average Bonchev–Trinajstić information content (AvgIpc) is 3.25. The van der Waals surface area contributed by atoms with Gasteiger partial charge in [-0.25, -0.2) is 4.79 Å². The summed E-state index contributed by atoms with van der Waals surface area (Å²) in [6, 6.07) is 2.30. The summed E-state index contributed by atoms with van der Waals surface area (Å²) in [5, 5.41) is 27.4. The minimum Gasteiger partial charge on any atom is -0.480 e. The highest BCUT2D eigenvalue weighted by Crippen LogP contribution is 2.19. The predicted octanol–water partition coefficient (Wildman–Crippen LogP) is -1.12. The molecule has 1 aromatic carbocycles. The number of nitrogens with two attached hydrogens (primary N) is 2. The Balaban J connectivity index is 2.28. The maximum absolute atomic E-state index is 13.3. The zero-order valence-corrected chi connectivity index (χ0v) is 21.6. The highest BCUT2D eigenvalue weighted by molar-refractivity contribution is 5.95. The summed E-state index contributed by atoms with van der Waals surface area (Å²) in [5.41, 5.74) is 12.4. The molecule has 38 heavy (non-hydrogen) atoms. The number of para-hydroxylation sites is 1. The Morgan fingerprint density at radius 1 is 0.947 bits per heavy atom. The molecule has 13 heteroatoms. The number of rotatable bonds is 14. The second kappa shape index (κ2) is 13.5. The first-order valence-electron chi connectivity index (χ1n) is 12.2. The summed E-state index contributed by atoms with van der Waals surface area (Å²) in [6.07, 6.45) is 0.165. The number of aliphatic hydroxyl groups is 1. The first-order chi connectivity index (χ1) is 17.8. The number of hydrogen-bond acceptors (Lipinski definition) is 7. The molecule has 5 atom stereocenters. The van der Waals surface area contributed by atoms with Gasteiger partial charge < -0.3 is 42.6 Å². The molecule has 0 aliphatic carbocycles. The smallest absolute Gasteiger partial charge is 0.328 e. The molecule has 0 saturated heterocycles. The van der Waals surface area contributed by atoms with Crippen molar-refractivity contribution >= 4 is 40.5 Å². The fraction of sp³-hybridized carbons (Fsp3) is 0.480. The Hall–Kier alpha value is -3.97. The van der Waals surface area contributed by atoms with Crippen LogP contribution >= 0.6 is 0 Å². The van der Waals surface area contributed by atoms with Gasteiger partial charge in [-0.3, -0.25) is 19.2 Å². The van der Waals surface area contributed by atoms with Crippen molar-refractivity contribution in [1.29, 1.82) is 0 Å². The topological polar surface area (TPSA) is 230 Å². The van der Waals surface area contributed by atoms with Crippen molar-refractivity contribution < 1.29 is 34.2 Å². The fourth-order valence-corrected chi connectivity index (χ4v) is 3.86. The molecule has 10 N–H and O–H groups in total. The molecule has 0 saturated carbocycles. The van der Waals surface area contributed by atoms with E-state index in [0.717, 1.165) is 10.9 Å². The van der Waals surface area contributed by atoms with Gasteiger partial charge in [0.05, 0.1) is 12.1 Å². The molecule has 0 bridgehead atoms. The van der Waals surface area contributed by atoms with Gasteiger partial charge in [-0.05, 0) is 30.9 Å². The van der Waals surface area contributed by atoms with E-state index in [1.165, 1.54) is 6.92 Å². The van der Waals surface area contributed by atoms with Gasteiger partial charge in [-0.1, -0.05) is 32.0 Å². The Bertz CT molecular complexity index is 1160. The van der Waals surface area contributed by atoms with E-state index < -0.39 is 65.8 Å². The lowest BCUT2D eigenvalue weighted by molar-refractivity contribution is -0.145. The second-order valence-corrected chi connectivity index (χ2v) is 9.53. The quantitative estimate of drug-likeness (QED) is 0.148. The molecular formula is C25H36N6O7. The van der Waals surface area contributed by atoms with Crippen molar-refractivity contribution in [2.45, 2.75) is 70.3 Å². The largest absolute Gasteiger partial charge is 0.480 e. The van der Waals surface area contributed by atoms with E-state index in [4.69, 9.17) is 11.5 Å². The molecular weight excluding hydrogens is 496 g/mol. The number of nitrogens with one attached hydrogen (secondary N) is 4. The Labute approximate surface area is 219 Å². The molecule has 0 aliphatic heterocycles. The van der Waals surface area contributed by atoms with Crippen LogP contribution in [0.1, 0.15) is 39.2 Å². The van der Waals surface area contributed by atoms with Crippen LogP contribution in [-0.4, -0.2) is 75.1 Å². The van der Waals surface area contributed by atoms with Gasteiger partial charge in [0, 0.05) is 29.9 Å². The molecule has 0 fully saturated rings. The number of carboxylic acids is 1. The lowest BCUT2D eigenvalue weighted by atomic mass is 9.99. The highest BCUT2D eigenvalue weighted by Gasteiger charge is 2.33. The maximum Gasteiger partial charge on any atom is 0.328 e. The molecule has 1 heterocycles. The molecule has 5 unspecified atom stereocenters.